The van der Waals surface area contributed by atoms with Crippen LogP contribution < -0.4 is 5.32 Å². The van der Waals surface area contributed by atoms with E-state index >= 15 is 0 Å². The molecule has 1 aromatic rings. The summed E-state index contributed by atoms with van der Waals surface area (Å²) in [6, 6.07) is 3.66. The molecule has 1 saturated carbocycles. The van der Waals surface area contributed by atoms with E-state index in [9.17, 15) is 13.9 Å². The van der Waals surface area contributed by atoms with Crippen LogP contribution in [0.1, 0.15) is 37.7 Å². The summed E-state index contributed by atoms with van der Waals surface area (Å²) in [4.78, 5) is 0. The van der Waals surface area contributed by atoms with Crippen LogP contribution in [0, 0.1) is 23.0 Å². The van der Waals surface area contributed by atoms with Crippen molar-refractivity contribution in [2.45, 2.75) is 37.7 Å². The Kier molecular flexibility index (Phi) is 4.01. The Labute approximate surface area is 110 Å². The number of anilines is 1. The highest BCUT2D eigenvalue weighted by Crippen LogP contribution is 2.29. The molecule has 0 aliphatic heterocycles. The lowest BCUT2D eigenvalue weighted by molar-refractivity contribution is 0.0166. The Bertz CT molecular complexity index is 482. The minimum absolute atomic E-state index is 0.0584. The predicted molar refractivity (Wildman–Crippen MR) is 67.6 cm³/mol. The summed E-state index contributed by atoms with van der Waals surface area (Å²) in [5.41, 5.74) is -1.24. The molecule has 0 atom stereocenters. The van der Waals surface area contributed by atoms with Gasteiger partial charge in [-0.2, -0.15) is 5.26 Å². The quantitative estimate of drug-likeness (QED) is 0.884. The summed E-state index contributed by atoms with van der Waals surface area (Å²) in [7, 11) is 0. The van der Waals surface area contributed by atoms with E-state index in [2.05, 4.69) is 5.32 Å². The number of rotatable bonds is 3. The van der Waals surface area contributed by atoms with Gasteiger partial charge in [0.05, 0.1) is 17.2 Å². The van der Waals surface area contributed by atoms with Gasteiger partial charge in [-0.05, 0) is 25.0 Å². The first kappa shape index (κ1) is 13.8. The van der Waals surface area contributed by atoms with E-state index in [0.717, 1.165) is 31.4 Å². The average Bonchev–Trinajstić information content (AvgIpc) is 2.38. The second kappa shape index (κ2) is 5.54. The van der Waals surface area contributed by atoms with Gasteiger partial charge in [-0.3, -0.25) is 0 Å². The van der Waals surface area contributed by atoms with E-state index in [-0.39, 0.29) is 17.8 Å². The van der Waals surface area contributed by atoms with Crippen molar-refractivity contribution >= 4 is 5.69 Å². The number of nitriles is 1. The van der Waals surface area contributed by atoms with Gasteiger partial charge in [0.1, 0.15) is 5.69 Å². The molecule has 0 bridgehead atoms. The number of nitrogens with one attached hydrogen (secondary N) is 1. The lowest BCUT2D eigenvalue weighted by atomic mass is 9.85. The zero-order valence-corrected chi connectivity index (χ0v) is 10.5. The number of nitrogens with zero attached hydrogens (tertiary/aromatic N) is 1. The van der Waals surface area contributed by atoms with Crippen molar-refractivity contribution in [2.24, 2.45) is 0 Å². The standard InChI is InChI=1S/C14H16F2N2O/c15-11-6-10(8-17)7-12(16)13(11)18-9-14(19)4-2-1-3-5-14/h6-7,18-19H,1-5,9H2. The van der Waals surface area contributed by atoms with Gasteiger partial charge >= 0.3 is 0 Å². The maximum absolute atomic E-state index is 13.6. The van der Waals surface area contributed by atoms with Gasteiger partial charge in [0.15, 0.2) is 11.6 Å². The molecule has 5 heteroatoms. The zero-order chi connectivity index (χ0) is 13.9. The molecular formula is C14H16F2N2O. The van der Waals surface area contributed by atoms with Gasteiger partial charge in [-0.1, -0.05) is 19.3 Å². The fourth-order valence-corrected chi connectivity index (χ4v) is 2.45. The van der Waals surface area contributed by atoms with Gasteiger partial charge in [-0.15, -0.1) is 0 Å². The van der Waals surface area contributed by atoms with E-state index in [0.29, 0.717) is 12.8 Å². The predicted octanol–water partition coefficient (Wildman–Crippen LogP) is 2.94. The summed E-state index contributed by atoms with van der Waals surface area (Å²) >= 11 is 0. The SMILES string of the molecule is N#Cc1cc(F)c(NCC2(O)CCCCC2)c(F)c1. The van der Waals surface area contributed by atoms with Crippen molar-refractivity contribution in [1.29, 1.82) is 5.26 Å². The van der Waals surface area contributed by atoms with E-state index in [1.165, 1.54) is 0 Å². The average molecular weight is 266 g/mol. The van der Waals surface area contributed by atoms with Gasteiger partial charge in [-0.25, -0.2) is 8.78 Å². The first-order chi connectivity index (χ1) is 9.04. The molecule has 102 valence electrons. The molecule has 2 rings (SSSR count). The number of hydrogen-bond donors (Lipinski definition) is 2. The van der Waals surface area contributed by atoms with Crippen molar-refractivity contribution in [3.63, 3.8) is 0 Å². The third-order valence-corrected chi connectivity index (χ3v) is 3.55. The van der Waals surface area contributed by atoms with Crippen LogP contribution in [0.4, 0.5) is 14.5 Å². The Morgan fingerprint density at radius 3 is 2.32 bits per heavy atom. The Hall–Kier alpha value is -1.67. The molecule has 1 fully saturated rings. The fraction of sp³-hybridized carbons (Fsp3) is 0.500. The van der Waals surface area contributed by atoms with Crippen LogP contribution in [-0.4, -0.2) is 17.3 Å². The molecule has 0 unspecified atom stereocenters. The molecule has 2 N–H and O–H groups in total. The molecule has 1 aliphatic carbocycles. The first-order valence-corrected chi connectivity index (χ1v) is 6.39. The molecule has 0 saturated heterocycles. The molecule has 0 aromatic heterocycles. The summed E-state index contributed by atoms with van der Waals surface area (Å²) in [6.45, 7) is 0.118. The number of benzene rings is 1. The normalized spacial score (nSPS) is 17.8. The topological polar surface area (TPSA) is 56.0 Å². The Morgan fingerprint density at radius 1 is 1.21 bits per heavy atom. The first-order valence-electron chi connectivity index (χ1n) is 6.39. The Morgan fingerprint density at radius 2 is 1.79 bits per heavy atom. The minimum Gasteiger partial charge on any atom is -0.388 e. The third-order valence-electron chi connectivity index (χ3n) is 3.55. The van der Waals surface area contributed by atoms with Gasteiger partial charge in [0, 0.05) is 6.54 Å². The maximum atomic E-state index is 13.6. The molecule has 19 heavy (non-hydrogen) atoms. The van der Waals surface area contributed by atoms with Crippen molar-refractivity contribution in [1.82, 2.24) is 0 Å². The van der Waals surface area contributed by atoms with Crippen molar-refractivity contribution in [2.75, 3.05) is 11.9 Å². The van der Waals surface area contributed by atoms with Crippen LogP contribution in [0.5, 0.6) is 0 Å². The molecule has 1 aromatic carbocycles. The van der Waals surface area contributed by atoms with Crippen LogP contribution in [0.25, 0.3) is 0 Å². The monoisotopic (exact) mass is 266 g/mol. The second-order valence-electron chi connectivity index (χ2n) is 5.07. The van der Waals surface area contributed by atoms with Crippen LogP contribution in [0.15, 0.2) is 12.1 Å². The van der Waals surface area contributed by atoms with E-state index in [1.807, 2.05) is 0 Å². The highest BCUT2D eigenvalue weighted by Gasteiger charge is 2.29. The van der Waals surface area contributed by atoms with Gasteiger partial charge < -0.3 is 10.4 Å². The third kappa shape index (κ3) is 3.21. The molecule has 3 nitrogen and oxygen atoms in total. The van der Waals surface area contributed by atoms with Crippen LogP contribution in [-0.2, 0) is 0 Å². The highest BCUT2D eigenvalue weighted by atomic mass is 19.1. The fourth-order valence-electron chi connectivity index (χ4n) is 2.45. The summed E-state index contributed by atoms with van der Waals surface area (Å²) in [5.74, 6) is -1.62. The zero-order valence-electron chi connectivity index (χ0n) is 10.5. The van der Waals surface area contributed by atoms with E-state index in [1.54, 1.807) is 6.07 Å². The molecule has 0 heterocycles. The Balaban J connectivity index is 2.09. The van der Waals surface area contributed by atoms with Gasteiger partial charge in [0.25, 0.3) is 0 Å². The van der Waals surface area contributed by atoms with Crippen LogP contribution in [0.2, 0.25) is 0 Å². The van der Waals surface area contributed by atoms with Crippen molar-refractivity contribution in [3.05, 3.63) is 29.3 Å². The number of aliphatic hydroxyl groups is 1. The summed E-state index contributed by atoms with van der Waals surface area (Å²) < 4.78 is 27.3. The summed E-state index contributed by atoms with van der Waals surface area (Å²) in [6.07, 6.45) is 4.22. The smallest absolute Gasteiger partial charge is 0.150 e. The van der Waals surface area contributed by atoms with Crippen molar-refractivity contribution < 1.29 is 13.9 Å². The number of halogens is 2. The molecule has 0 spiro atoms. The highest BCUT2D eigenvalue weighted by molar-refractivity contribution is 5.50. The van der Waals surface area contributed by atoms with E-state index in [4.69, 9.17) is 5.26 Å². The van der Waals surface area contributed by atoms with Crippen molar-refractivity contribution in [3.8, 4) is 6.07 Å². The molecule has 1 aliphatic rings. The van der Waals surface area contributed by atoms with E-state index < -0.39 is 17.2 Å². The van der Waals surface area contributed by atoms with Gasteiger partial charge in [0.2, 0.25) is 0 Å². The van der Waals surface area contributed by atoms with Crippen LogP contribution in [0.3, 0.4) is 0 Å². The van der Waals surface area contributed by atoms with Crippen LogP contribution >= 0.6 is 0 Å². The largest absolute Gasteiger partial charge is 0.388 e. The molecule has 0 amide bonds. The minimum atomic E-state index is -0.898. The lowest BCUT2D eigenvalue weighted by Crippen LogP contribution is -2.39. The second-order valence-corrected chi connectivity index (χ2v) is 5.07. The molecular weight excluding hydrogens is 250 g/mol. The maximum Gasteiger partial charge on any atom is 0.150 e. The summed E-state index contributed by atoms with van der Waals surface area (Å²) in [5, 5.41) is 21.5. The number of hydrogen-bond acceptors (Lipinski definition) is 3. The lowest BCUT2D eigenvalue weighted by Gasteiger charge is -2.32. The molecule has 0 radical (unpaired) electrons.